The van der Waals surface area contributed by atoms with E-state index >= 15 is 0 Å². The van der Waals surface area contributed by atoms with Crippen molar-refractivity contribution in [1.82, 2.24) is 4.98 Å². The molecule has 7 heteroatoms. The molecule has 19 heavy (non-hydrogen) atoms. The third-order valence-electron chi connectivity index (χ3n) is 2.31. The molecule has 0 radical (unpaired) electrons. The predicted octanol–water partition coefficient (Wildman–Crippen LogP) is 2.57. The van der Waals surface area contributed by atoms with Gasteiger partial charge in [0.05, 0.1) is 11.1 Å². The van der Waals surface area contributed by atoms with Crippen LogP contribution in [0.5, 0.6) is 0 Å². The van der Waals surface area contributed by atoms with Crippen molar-refractivity contribution in [3.05, 3.63) is 45.0 Å². The minimum absolute atomic E-state index is 0.318. The van der Waals surface area contributed by atoms with Gasteiger partial charge in [-0.05, 0) is 35.0 Å². The number of carbonyl (C=O) groups is 2. The van der Waals surface area contributed by atoms with Crippen molar-refractivity contribution in [2.24, 2.45) is 5.73 Å². The quantitative estimate of drug-likeness (QED) is 0.900. The number of hydrogen-bond donors (Lipinski definition) is 2. The van der Waals surface area contributed by atoms with Gasteiger partial charge in [-0.3, -0.25) is 14.6 Å². The van der Waals surface area contributed by atoms with E-state index in [1.807, 2.05) is 6.92 Å². The lowest BCUT2D eigenvalue weighted by atomic mass is 10.2. The Morgan fingerprint density at radius 3 is 2.74 bits per heavy atom. The molecule has 0 fully saturated rings. The van der Waals surface area contributed by atoms with Crippen LogP contribution >= 0.6 is 27.3 Å². The van der Waals surface area contributed by atoms with E-state index in [9.17, 15) is 9.59 Å². The van der Waals surface area contributed by atoms with Crippen molar-refractivity contribution in [2.45, 2.75) is 6.92 Å². The lowest BCUT2D eigenvalue weighted by Crippen LogP contribution is -2.16. The van der Waals surface area contributed by atoms with E-state index in [0.29, 0.717) is 20.6 Å². The molecule has 2 heterocycles. The number of amides is 2. The molecule has 0 aliphatic rings. The van der Waals surface area contributed by atoms with Gasteiger partial charge in [0.2, 0.25) is 0 Å². The lowest BCUT2D eigenvalue weighted by molar-refractivity contribution is 0.100. The van der Waals surface area contributed by atoms with Crippen LogP contribution in [-0.2, 0) is 0 Å². The molecule has 0 saturated carbocycles. The highest BCUT2D eigenvalue weighted by atomic mass is 79.9. The molecule has 0 aliphatic heterocycles. The maximum Gasteiger partial charge on any atom is 0.257 e. The Balaban J connectivity index is 2.26. The Morgan fingerprint density at radius 2 is 2.11 bits per heavy atom. The first-order valence-corrected chi connectivity index (χ1v) is 6.90. The van der Waals surface area contributed by atoms with Gasteiger partial charge < -0.3 is 11.1 Å². The van der Waals surface area contributed by atoms with Crippen LogP contribution in [0, 0.1) is 6.92 Å². The number of hydrogen-bond acceptors (Lipinski definition) is 4. The van der Waals surface area contributed by atoms with Crippen LogP contribution < -0.4 is 11.1 Å². The number of aromatic nitrogens is 1. The number of nitrogens with zero attached hydrogens (tertiary/aromatic N) is 1. The van der Waals surface area contributed by atoms with Crippen molar-refractivity contribution in [2.75, 3.05) is 5.32 Å². The standard InChI is InChI=1S/C12H10BrN3O2S/c1-6-2-9(10(14)17)12(19-6)16-11(18)7-3-8(13)5-15-4-7/h2-5H,1H3,(H2,14,17)(H,16,18). The van der Waals surface area contributed by atoms with Crippen LogP contribution in [0.25, 0.3) is 0 Å². The predicted molar refractivity (Wildman–Crippen MR) is 77.5 cm³/mol. The second-order valence-electron chi connectivity index (χ2n) is 3.81. The number of halogens is 1. The fraction of sp³-hybridized carbons (Fsp3) is 0.0833. The van der Waals surface area contributed by atoms with Gasteiger partial charge in [0.25, 0.3) is 11.8 Å². The molecule has 5 nitrogen and oxygen atoms in total. The zero-order valence-electron chi connectivity index (χ0n) is 9.94. The third kappa shape index (κ3) is 3.18. The first kappa shape index (κ1) is 13.7. The maximum atomic E-state index is 12.0. The maximum absolute atomic E-state index is 12.0. The average molecular weight is 340 g/mol. The van der Waals surface area contributed by atoms with E-state index in [1.165, 1.54) is 17.5 Å². The van der Waals surface area contributed by atoms with Crippen molar-refractivity contribution in [3.63, 3.8) is 0 Å². The van der Waals surface area contributed by atoms with Crippen molar-refractivity contribution >= 4 is 44.1 Å². The summed E-state index contributed by atoms with van der Waals surface area (Å²) in [6, 6.07) is 3.30. The monoisotopic (exact) mass is 339 g/mol. The van der Waals surface area contributed by atoms with Crippen molar-refractivity contribution in [3.8, 4) is 0 Å². The van der Waals surface area contributed by atoms with Gasteiger partial charge in [-0.1, -0.05) is 0 Å². The highest BCUT2D eigenvalue weighted by molar-refractivity contribution is 9.10. The van der Waals surface area contributed by atoms with Gasteiger partial charge in [-0.25, -0.2) is 0 Å². The summed E-state index contributed by atoms with van der Waals surface area (Å²) in [5.41, 5.74) is 5.98. The number of nitrogens with one attached hydrogen (secondary N) is 1. The molecule has 2 aromatic rings. The summed E-state index contributed by atoms with van der Waals surface area (Å²) < 4.78 is 0.706. The Kier molecular flexibility index (Phi) is 3.96. The molecule has 98 valence electrons. The molecule has 2 rings (SSSR count). The molecule has 0 atom stereocenters. The van der Waals surface area contributed by atoms with Crippen LogP contribution in [0.2, 0.25) is 0 Å². The van der Waals surface area contributed by atoms with E-state index in [-0.39, 0.29) is 5.91 Å². The molecule has 0 bridgehead atoms. The van der Waals surface area contributed by atoms with Gasteiger partial charge in [-0.2, -0.15) is 0 Å². The molecule has 0 spiro atoms. The van der Waals surface area contributed by atoms with Crippen LogP contribution in [0.4, 0.5) is 5.00 Å². The van der Waals surface area contributed by atoms with Crippen LogP contribution in [0.1, 0.15) is 25.6 Å². The van der Waals surface area contributed by atoms with Gasteiger partial charge >= 0.3 is 0 Å². The number of anilines is 1. The Morgan fingerprint density at radius 1 is 1.37 bits per heavy atom. The molecular formula is C12H10BrN3O2S. The number of nitrogens with two attached hydrogens (primary N) is 1. The summed E-state index contributed by atoms with van der Waals surface area (Å²) in [6.45, 7) is 1.84. The van der Waals surface area contributed by atoms with E-state index in [0.717, 1.165) is 4.88 Å². The lowest BCUT2D eigenvalue weighted by Gasteiger charge is -2.04. The topological polar surface area (TPSA) is 85.1 Å². The number of thiophene rings is 1. The molecule has 0 aliphatic carbocycles. The Hall–Kier alpha value is -1.73. The van der Waals surface area contributed by atoms with E-state index in [4.69, 9.17) is 5.73 Å². The van der Waals surface area contributed by atoms with Crippen LogP contribution in [-0.4, -0.2) is 16.8 Å². The summed E-state index contributed by atoms with van der Waals surface area (Å²) in [6.07, 6.45) is 3.03. The zero-order valence-corrected chi connectivity index (χ0v) is 12.3. The fourth-order valence-electron chi connectivity index (χ4n) is 1.50. The number of pyridine rings is 1. The molecule has 0 aromatic carbocycles. The van der Waals surface area contributed by atoms with Crippen LogP contribution in [0.15, 0.2) is 29.0 Å². The summed E-state index contributed by atoms with van der Waals surface area (Å²) >= 11 is 4.55. The first-order valence-electron chi connectivity index (χ1n) is 5.29. The molecule has 2 amide bonds. The minimum Gasteiger partial charge on any atom is -0.366 e. The highest BCUT2D eigenvalue weighted by Crippen LogP contribution is 2.27. The normalized spacial score (nSPS) is 10.2. The van der Waals surface area contributed by atoms with Gasteiger partial charge in [-0.15, -0.1) is 11.3 Å². The molecule has 3 N–H and O–H groups in total. The second-order valence-corrected chi connectivity index (χ2v) is 5.98. The average Bonchev–Trinajstić information content (AvgIpc) is 2.70. The fourth-order valence-corrected chi connectivity index (χ4v) is 2.78. The number of aryl methyl sites for hydroxylation is 1. The molecule has 0 saturated heterocycles. The highest BCUT2D eigenvalue weighted by Gasteiger charge is 2.15. The summed E-state index contributed by atoms with van der Waals surface area (Å²) in [5, 5.41) is 3.13. The van der Waals surface area contributed by atoms with E-state index in [2.05, 4.69) is 26.2 Å². The summed E-state index contributed by atoms with van der Waals surface area (Å²) in [4.78, 5) is 28.1. The smallest absolute Gasteiger partial charge is 0.257 e. The van der Waals surface area contributed by atoms with Gasteiger partial charge in [0, 0.05) is 21.7 Å². The number of carbonyl (C=O) groups excluding carboxylic acids is 2. The number of rotatable bonds is 3. The Labute approximate surface area is 122 Å². The van der Waals surface area contributed by atoms with E-state index < -0.39 is 5.91 Å². The number of primary amides is 1. The van der Waals surface area contributed by atoms with E-state index in [1.54, 1.807) is 18.3 Å². The van der Waals surface area contributed by atoms with Crippen molar-refractivity contribution < 1.29 is 9.59 Å². The molecular weight excluding hydrogens is 330 g/mol. The summed E-state index contributed by atoms with van der Waals surface area (Å²) in [5.74, 6) is -0.898. The Bertz CT molecular complexity index is 654. The van der Waals surface area contributed by atoms with Crippen LogP contribution in [0.3, 0.4) is 0 Å². The van der Waals surface area contributed by atoms with Crippen molar-refractivity contribution in [1.29, 1.82) is 0 Å². The largest absolute Gasteiger partial charge is 0.366 e. The minimum atomic E-state index is -0.563. The third-order valence-corrected chi connectivity index (χ3v) is 3.71. The SMILES string of the molecule is Cc1cc(C(N)=O)c(NC(=O)c2cncc(Br)c2)s1. The van der Waals surface area contributed by atoms with Gasteiger partial charge in [0.1, 0.15) is 5.00 Å². The second kappa shape index (κ2) is 5.50. The van der Waals surface area contributed by atoms with Gasteiger partial charge in [0.15, 0.2) is 0 Å². The summed E-state index contributed by atoms with van der Waals surface area (Å²) in [7, 11) is 0. The molecule has 0 unspecified atom stereocenters. The first-order chi connectivity index (χ1) is 8.97. The molecule has 2 aromatic heterocycles. The zero-order chi connectivity index (χ0) is 14.0.